The first kappa shape index (κ1) is 24.7. The lowest BCUT2D eigenvalue weighted by Crippen LogP contribution is -2.48. The monoisotopic (exact) mass is 518 g/mol. The van der Waals surface area contributed by atoms with Crippen molar-refractivity contribution in [1.82, 2.24) is 30.0 Å². The van der Waals surface area contributed by atoms with Crippen molar-refractivity contribution < 1.29 is 0 Å². The van der Waals surface area contributed by atoms with Gasteiger partial charge in [0.05, 0.1) is 22.6 Å². The summed E-state index contributed by atoms with van der Waals surface area (Å²) in [5.41, 5.74) is 3.41. The maximum atomic E-state index is 6.25. The Morgan fingerprint density at radius 1 is 0.833 bits per heavy atom. The molecule has 0 saturated carbocycles. The molecule has 1 aliphatic heterocycles. The van der Waals surface area contributed by atoms with E-state index in [-0.39, 0.29) is 6.04 Å². The standard InChI is InChI=1S/C28H28Cl2N6/c29-25-14-13-23(20-26(25)30)21-36-28(31-32-33-36)27(24-11-5-2-6-12-24)35-18-16-34(17-19-35)15-7-10-22-8-3-1-4-9-22/h1-14,20,27H,15-19,21H2/b10-7+/t27-/m0/s1. The van der Waals surface area contributed by atoms with Gasteiger partial charge in [-0.05, 0) is 39.2 Å². The van der Waals surface area contributed by atoms with Gasteiger partial charge in [-0.15, -0.1) is 5.10 Å². The van der Waals surface area contributed by atoms with E-state index in [0.717, 1.165) is 44.1 Å². The molecule has 1 saturated heterocycles. The number of halogens is 2. The van der Waals surface area contributed by atoms with E-state index in [2.05, 4.69) is 86.0 Å². The Hall–Kier alpha value is -3.03. The van der Waals surface area contributed by atoms with Gasteiger partial charge in [0.1, 0.15) is 0 Å². The average molecular weight is 519 g/mol. The van der Waals surface area contributed by atoms with Crippen molar-refractivity contribution in [2.75, 3.05) is 32.7 Å². The van der Waals surface area contributed by atoms with Crippen LogP contribution in [0.25, 0.3) is 6.08 Å². The zero-order valence-corrected chi connectivity index (χ0v) is 21.4. The number of nitrogens with zero attached hydrogens (tertiary/aromatic N) is 6. The van der Waals surface area contributed by atoms with Crippen LogP contribution in [0, 0.1) is 0 Å². The molecule has 1 aliphatic rings. The van der Waals surface area contributed by atoms with Crippen LogP contribution in [0.5, 0.6) is 0 Å². The van der Waals surface area contributed by atoms with E-state index in [9.17, 15) is 0 Å². The Labute approximate surface area is 221 Å². The van der Waals surface area contributed by atoms with E-state index in [1.807, 2.05) is 35.0 Å². The largest absolute Gasteiger partial charge is 0.297 e. The van der Waals surface area contributed by atoms with Gasteiger partial charge < -0.3 is 0 Å². The quantitative estimate of drug-likeness (QED) is 0.310. The molecule has 4 aromatic rings. The number of tetrazole rings is 1. The highest BCUT2D eigenvalue weighted by atomic mass is 35.5. The molecule has 0 unspecified atom stereocenters. The van der Waals surface area contributed by atoms with Crippen molar-refractivity contribution in [3.63, 3.8) is 0 Å². The van der Waals surface area contributed by atoms with Crippen LogP contribution in [0.15, 0.2) is 84.9 Å². The summed E-state index contributed by atoms with van der Waals surface area (Å²) in [6, 6.07) is 26.5. The zero-order valence-electron chi connectivity index (χ0n) is 19.9. The van der Waals surface area contributed by atoms with E-state index < -0.39 is 0 Å². The van der Waals surface area contributed by atoms with Crippen LogP contribution in [-0.4, -0.2) is 62.7 Å². The summed E-state index contributed by atoms with van der Waals surface area (Å²) in [6.07, 6.45) is 4.44. The van der Waals surface area contributed by atoms with E-state index in [4.69, 9.17) is 23.2 Å². The molecule has 0 bridgehead atoms. The molecule has 6 nitrogen and oxygen atoms in total. The molecule has 0 aliphatic carbocycles. The van der Waals surface area contributed by atoms with Gasteiger partial charge in [-0.3, -0.25) is 9.80 Å². The second-order valence-electron chi connectivity index (χ2n) is 8.91. The number of piperazine rings is 1. The number of hydrogen-bond donors (Lipinski definition) is 0. The molecule has 2 heterocycles. The first-order valence-electron chi connectivity index (χ1n) is 12.1. The van der Waals surface area contributed by atoms with Crippen LogP contribution in [0.2, 0.25) is 10.0 Å². The van der Waals surface area contributed by atoms with Gasteiger partial charge in [0.25, 0.3) is 0 Å². The maximum absolute atomic E-state index is 6.25. The fraction of sp³-hybridized carbons (Fsp3) is 0.250. The van der Waals surface area contributed by atoms with Crippen LogP contribution in [-0.2, 0) is 6.54 Å². The molecule has 1 fully saturated rings. The zero-order chi connectivity index (χ0) is 24.7. The van der Waals surface area contributed by atoms with Crippen molar-refractivity contribution in [1.29, 1.82) is 0 Å². The predicted molar refractivity (Wildman–Crippen MR) is 145 cm³/mol. The third-order valence-corrected chi connectivity index (χ3v) is 7.22. The second kappa shape index (κ2) is 11.8. The minimum absolute atomic E-state index is 0.0361. The van der Waals surface area contributed by atoms with Gasteiger partial charge in [0.2, 0.25) is 0 Å². The van der Waals surface area contributed by atoms with E-state index in [1.54, 1.807) is 0 Å². The number of hydrogen-bond acceptors (Lipinski definition) is 5. The van der Waals surface area contributed by atoms with Crippen LogP contribution < -0.4 is 0 Å². The van der Waals surface area contributed by atoms with Crippen molar-refractivity contribution in [2.24, 2.45) is 0 Å². The SMILES string of the molecule is Clc1ccc(Cn2nnnc2[C@H](c2ccccc2)N2CCN(C/C=C/c3ccccc3)CC2)cc1Cl. The number of aromatic nitrogens is 4. The topological polar surface area (TPSA) is 50.1 Å². The van der Waals surface area contributed by atoms with Gasteiger partial charge in [-0.1, -0.05) is 102 Å². The van der Waals surface area contributed by atoms with Crippen LogP contribution in [0.4, 0.5) is 0 Å². The van der Waals surface area contributed by atoms with Gasteiger partial charge in [0, 0.05) is 32.7 Å². The van der Waals surface area contributed by atoms with Crippen LogP contribution >= 0.6 is 23.2 Å². The Bertz CT molecular complexity index is 1280. The molecule has 5 rings (SSSR count). The van der Waals surface area contributed by atoms with Crippen molar-refractivity contribution in [2.45, 2.75) is 12.6 Å². The van der Waals surface area contributed by atoms with E-state index in [1.165, 1.54) is 11.1 Å². The summed E-state index contributed by atoms with van der Waals surface area (Å²) in [4.78, 5) is 4.96. The average Bonchev–Trinajstić information content (AvgIpc) is 3.36. The summed E-state index contributed by atoms with van der Waals surface area (Å²) >= 11 is 12.4. The first-order valence-corrected chi connectivity index (χ1v) is 12.9. The van der Waals surface area contributed by atoms with Crippen LogP contribution in [0.1, 0.15) is 28.6 Å². The molecule has 0 amide bonds. The minimum atomic E-state index is -0.0361. The van der Waals surface area contributed by atoms with Crippen molar-refractivity contribution in [3.05, 3.63) is 117 Å². The minimum Gasteiger partial charge on any atom is -0.297 e. The second-order valence-corrected chi connectivity index (χ2v) is 9.72. The molecule has 1 atom stereocenters. The lowest BCUT2D eigenvalue weighted by atomic mass is 10.0. The number of rotatable bonds is 8. The predicted octanol–water partition coefficient (Wildman–Crippen LogP) is 5.45. The smallest absolute Gasteiger partial charge is 0.173 e. The first-order chi connectivity index (χ1) is 17.7. The summed E-state index contributed by atoms with van der Waals surface area (Å²) in [5, 5.41) is 13.9. The Morgan fingerprint density at radius 3 is 2.28 bits per heavy atom. The highest BCUT2D eigenvalue weighted by Crippen LogP contribution is 2.29. The molecular formula is C28H28Cl2N6. The summed E-state index contributed by atoms with van der Waals surface area (Å²) in [6.45, 7) is 5.28. The Balaban J connectivity index is 1.31. The van der Waals surface area contributed by atoms with E-state index >= 15 is 0 Å². The molecule has 8 heteroatoms. The van der Waals surface area contributed by atoms with Gasteiger partial charge >= 0.3 is 0 Å². The molecule has 184 valence electrons. The normalized spacial score (nSPS) is 15.9. The van der Waals surface area contributed by atoms with Crippen molar-refractivity contribution >= 4 is 29.3 Å². The number of benzene rings is 3. The fourth-order valence-corrected chi connectivity index (χ4v) is 4.92. The highest BCUT2D eigenvalue weighted by molar-refractivity contribution is 6.42. The van der Waals surface area contributed by atoms with Gasteiger partial charge in [0.15, 0.2) is 5.82 Å². The Kier molecular flexibility index (Phi) is 8.08. The molecule has 0 spiro atoms. The summed E-state index contributed by atoms with van der Waals surface area (Å²) in [7, 11) is 0. The fourth-order valence-electron chi connectivity index (χ4n) is 4.60. The van der Waals surface area contributed by atoms with Crippen LogP contribution in [0.3, 0.4) is 0 Å². The molecule has 1 aromatic heterocycles. The molecular weight excluding hydrogens is 491 g/mol. The molecule has 0 radical (unpaired) electrons. The lowest BCUT2D eigenvalue weighted by Gasteiger charge is -2.38. The molecule has 36 heavy (non-hydrogen) atoms. The van der Waals surface area contributed by atoms with E-state index in [0.29, 0.717) is 16.6 Å². The summed E-state index contributed by atoms with van der Waals surface area (Å²) < 4.78 is 1.87. The lowest BCUT2D eigenvalue weighted by molar-refractivity contribution is 0.113. The third kappa shape index (κ3) is 6.02. The Morgan fingerprint density at radius 2 is 1.56 bits per heavy atom. The van der Waals surface area contributed by atoms with Crippen molar-refractivity contribution in [3.8, 4) is 0 Å². The highest BCUT2D eigenvalue weighted by Gasteiger charge is 2.30. The van der Waals surface area contributed by atoms with Gasteiger partial charge in [-0.2, -0.15) is 0 Å². The maximum Gasteiger partial charge on any atom is 0.173 e. The molecule has 0 N–H and O–H groups in total. The third-order valence-electron chi connectivity index (χ3n) is 6.48. The summed E-state index contributed by atoms with van der Waals surface area (Å²) in [5.74, 6) is 0.824. The van der Waals surface area contributed by atoms with Gasteiger partial charge in [-0.25, -0.2) is 4.68 Å². The molecule has 3 aromatic carbocycles.